The lowest BCUT2D eigenvalue weighted by atomic mass is 9.97. The van der Waals surface area contributed by atoms with E-state index in [1.165, 1.54) is 11.3 Å². The van der Waals surface area contributed by atoms with Crippen LogP contribution in [0.15, 0.2) is 35.4 Å². The zero-order chi connectivity index (χ0) is 32.3. The van der Waals surface area contributed by atoms with Gasteiger partial charge in [0.1, 0.15) is 34.1 Å². The highest BCUT2D eigenvalue weighted by Crippen LogP contribution is 2.44. The van der Waals surface area contributed by atoms with Crippen molar-refractivity contribution >= 4 is 43.2 Å². The van der Waals surface area contributed by atoms with E-state index < -0.39 is 56.3 Å². The van der Waals surface area contributed by atoms with Gasteiger partial charge in [0.15, 0.2) is 9.84 Å². The number of aromatic nitrogens is 4. The molecule has 45 heavy (non-hydrogen) atoms. The van der Waals surface area contributed by atoms with Gasteiger partial charge in [0.25, 0.3) is 0 Å². The lowest BCUT2D eigenvalue weighted by Crippen LogP contribution is -2.36. The predicted octanol–water partition coefficient (Wildman–Crippen LogP) is 5.07. The highest BCUT2D eigenvalue weighted by atomic mass is 32.2. The molecule has 10 nitrogen and oxygen atoms in total. The minimum atomic E-state index is -4.18. The number of sulfone groups is 1. The van der Waals surface area contributed by atoms with E-state index in [-0.39, 0.29) is 11.8 Å². The molecule has 6 rings (SSSR count). The van der Waals surface area contributed by atoms with Gasteiger partial charge in [-0.2, -0.15) is 4.98 Å². The number of aliphatic hydroxyl groups is 2. The number of nitrogens with one attached hydrogen (secondary N) is 2. The summed E-state index contributed by atoms with van der Waals surface area (Å²) in [6, 6.07) is 3.23. The second kappa shape index (κ2) is 11.8. The molecule has 2 saturated carbocycles. The smallest absolute Gasteiger partial charge is 0.224 e. The normalized spacial score (nSPS) is 22.2. The van der Waals surface area contributed by atoms with E-state index >= 15 is 0 Å². The molecule has 2 aliphatic rings. The highest BCUT2D eigenvalue weighted by Gasteiger charge is 2.44. The third kappa shape index (κ3) is 6.79. The molecule has 1 unspecified atom stereocenters. The van der Waals surface area contributed by atoms with Crippen molar-refractivity contribution in [2.75, 3.05) is 22.9 Å². The Kier molecular flexibility index (Phi) is 8.29. The van der Waals surface area contributed by atoms with Crippen molar-refractivity contribution in [3.8, 4) is 10.6 Å². The molecule has 240 valence electrons. The number of fused-ring (bicyclic) bond motifs is 1. The van der Waals surface area contributed by atoms with Crippen LogP contribution in [0.1, 0.15) is 57.3 Å². The number of nitrogens with zero attached hydrogens (tertiary/aromatic N) is 4. The zero-order valence-corrected chi connectivity index (χ0v) is 27.0. The van der Waals surface area contributed by atoms with Gasteiger partial charge >= 0.3 is 0 Å². The molecule has 2 fully saturated rings. The molecule has 1 aromatic carbocycles. The number of aliphatic hydroxyl groups excluding tert-OH is 2. The number of aryl methyl sites for hydroxylation is 1. The number of pyridine rings is 1. The van der Waals surface area contributed by atoms with Gasteiger partial charge in [-0.1, -0.05) is 20.8 Å². The standard InChI is InChI=1S/C31H36F2N6O4S2/c1-15-23(29-38-25-22(44-29)7-8-34-24(25)16-5-6-16)28(39-30(36-15)35-14-31(2,3)4)37-21-9-17(26(40)27(21)41)13-45(42,43)20-11-18(32)10-19(33)12-20/h7-8,10-12,16-17,21,26-27,40-41H,5-6,9,13-14H2,1-4H3,(H2,35,36,37,39)/t17-,21?,26-,27+/m1/s1. The van der Waals surface area contributed by atoms with E-state index in [9.17, 15) is 27.4 Å². The maximum Gasteiger partial charge on any atom is 0.224 e. The Balaban J connectivity index is 1.33. The first kappa shape index (κ1) is 31.6. The minimum Gasteiger partial charge on any atom is -0.390 e. The fourth-order valence-electron chi connectivity index (χ4n) is 5.69. The van der Waals surface area contributed by atoms with Crippen LogP contribution in [0.5, 0.6) is 0 Å². The summed E-state index contributed by atoms with van der Waals surface area (Å²) < 4.78 is 54.7. The van der Waals surface area contributed by atoms with Crippen LogP contribution in [0.25, 0.3) is 20.8 Å². The molecular weight excluding hydrogens is 623 g/mol. The summed E-state index contributed by atoms with van der Waals surface area (Å²) in [5.41, 5.74) is 3.04. The van der Waals surface area contributed by atoms with Gasteiger partial charge in [0.05, 0.1) is 44.4 Å². The molecule has 0 bridgehead atoms. The first-order valence-corrected chi connectivity index (χ1v) is 17.4. The van der Waals surface area contributed by atoms with Crippen molar-refractivity contribution < 1.29 is 27.4 Å². The van der Waals surface area contributed by atoms with Crippen LogP contribution in [0.2, 0.25) is 0 Å². The van der Waals surface area contributed by atoms with Gasteiger partial charge in [-0.05, 0) is 49.8 Å². The molecule has 3 heterocycles. The highest BCUT2D eigenvalue weighted by molar-refractivity contribution is 7.91. The molecule has 14 heteroatoms. The molecule has 4 atom stereocenters. The van der Waals surface area contributed by atoms with Gasteiger partial charge in [0, 0.05) is 30.6 Å². The summed E-state index contributed by atoms with van der Waals surface area (Å²) in [6.07, 6.45) is 1.26. The SMILES string of the molecule is Cc1nc(NCC(C)(C)C)nc(NC2C[C@H](CS(=O)(=O)c3cc(F)cc(F)c3)[C@@H](O)[C@H]2O)c1-c1nc2c(C3CC3)nccc2s1. The quantitative estimate of drug-likeness (QED) is 0.192. The van der Waals surface area contributed by atoms with Crippen molar-refractivity contribution in [1.29, 1.82) is 0 Å². The molecule has 4 aromatic rings. The van der Waals surface area contributed by atoms with Crippen LogP contribution in [-0.4, -0.2) is 69.1 Å². The second-order valence-corrected chi connectivity index (χ2v) is 16.3. The lowest BCUT2D eigenvalue weighted by molar-refractivity contribution is 0.0216. The Morgan fingerprint density at radius 3 is 2.42 bits per heavy atom. The molecular formula is C31H36F2N6O4S2. The van der Waals surface area contributed by atoms with Gasteiger partial charge in [-0.15, -0.1) is 11.3 Å². The molecule has 0 radical (unpaired) electrons. The number of thiazole rings is 1. The number of anilines is 2. The van der Waals surface area contributed by atoms with E-state index in [2.05, 4.69) is 36.4 Å². The van der Waals surface area contributed by atoms with E-state index in [1.54, 1.807) is 6.20 Å². The van der Waals surface area contributed by atoms with Crippen molar-refractivity contribution in [3.05, 3.63) is 53.5 Å². The second-order valence-electron chi connectivity index (χ2n) is 13.2. The number of halogens is 2. The molecule has 4 N–H and O–H groups in total. The van der Waals surface area contributed by atoms with E-state index in [1.807, 2.05) is 13.0 Å². The summed E-state index contributed by atoms with van der Waals surface area (Å²) in [5, 5.41) is 29.2. The van der Waals surface area contributed by atoms with E-state index in [0.717, 1.165) is 40.9 Å². The molecule has 0 spiro atoms. The first-order chi connectivity index (χ1) is 21.2. The third-order valence-electron chi connectivity index (χ3n) is 8.13. The first-order valence-electron chi connectivity index (χ1n) is 14.9. The van der Waals surface area contributed by atoms with Gasteiger partial charge < -0.3 is 20.8 Å². The number of hydrogen-bond donors (Lipinski definition) is 4. The van der Waals surface area contributed by atoms with Gasteiger partial charge in [-0.3, -0.25) is 4.98 Å². The molecule has 0 aliphatic heterocycles. The number of hydrogen-bond acceptors (Lipinski definition) is 11. The van der Waals surface area contributed by atoms with E-state index in [0.29, 0.717) is 46.6 Å². The van der Waals surface area contributed by atoms with Gasteiger partial charge in [0.2, 0.25) is 5.95 Å². The fraction of sp³-hybridized carbons (Fsp3) is 0.484. The monoisotopic (exact) mass is 658 g/mol. The average Bonchev–Trinajstić information content (AvgIpc) is 3.65. The van der Waals surface area contributed by atoms with Crippen LogP contribution >= 0.6 is 11.3 Å². The average molecular weight is 659 g/mol. The Morgan fingerprint density at radius 2 is 1.76 bits per heavy atom. The summed E-state index contributed by atoms with van der Waals surface area (Å²) in [6.45, 7) is 8.68. The Hall–Kier alpha value is -3.33. The predicted molar refractivity (Wildman–Crippen MR) is 169 cm³/mol. The van der Waals surface area contributed by atoms with Crippen molar-refractivity contribution in [3.63, 3.8) is 0 Å². The zero-order valence-electron chi connectivity index (χ0n) is 25.4. The summed E-state index contributed by atoms with van der Waals surface area (Å²) in [5.74, 6) is -2.39. The Morgan fingerprint density at radius 1 is 1.04 bits per heavy atom. The number of benzene rings is 1. The van der Waals surface area contributed by atoms with Crippen molar-refractivity contribution in [2.24, 2.45) is 11.3 Å². The van der Waals surface area contributed by atoms with Crippen LogP contribution in [0.3, 0.4) is 0 Å². The maximum absolute atomic E-state index is 13.8. The lowest BCUT2D eigenvalue weighted by Gasteiger charge is -2.22. The van der Waals surface area contributed by atoms with Crippen LogP contribution in [-0.2, 0) is 9.84 Å². The summed E-state index contributed by atoms with van der Waals surface area (Å²) >= 11 is 1.49. The molecule has 2 aliphatic carbocycles. The topological polar surface area (TPSA) is 150 Å². The fourth-order valence-corrected chi connectivity index (χ4v) is 8.43. The number of rotatable bonds is 9. The molecule has 0 amide bonds. The van der Waals surface area contributed by atoms with E-state index in [4.69, 9.17) is 15.0 Å². The summed E-state index contributed by atoms with van der Waals surface area (Å²) in [4.78, 5) is 18.5. The van der Waals surface area contributed by atoms with Gasteiger partial charge in [-0.25, -0.2) is 27.2 Å². The van der Waals surface area contributed by atoms with Crippen molar-refractivity contribution in [1.82, 2.24) is 19.9 Å². The molecule has 3 aromatic heterocycles. The molecule has 0 saturated heterocycles. The maximum atomic E-state index is 13.8. The Labute approximate surface area is 264 Å². The van der Waals surface area contributed by atoms with Crippen LogP contribution in [0.4, 0.5) is 20.5 Å². The van der Waals surface area contributed by atoms with Crippen molar-refractivity contribution in [2.45, 2.75) is 76.0 Å². The summed E-state index contributed by atoms with van der Waals surface area (Å²) in [7, 11) is -4.18. The third-order valence-corrected chi connectivity index (χ3v) is 11.0. The van der Waals surface area contributed by atoms with Crippen LogP contribution < -0.4 is 10.6 Å². The van der Waals surface area contributed by atoms with Crippen LogP contribution in [0, 0.1) is 29.9 Å². The minimum absolute atomic E-state index is 0.0577. The Bertz CT molecular complexity index is 1840. The largest absolute Gasteiger partial charge is 0.390 e.